The van der Waals surface area contributed by atoms with Gasteiger partial charge in [-0.15, -0.1) is 5.10 Å². The van der Waals surface area contributed by atoms with Crippen molar-refractivity contribution in [1.82, 2.24) is 40.2 Å². The van der Waals surface area contributed by atoms with Gasteiger partial charge in [-0.25, -0.2) is 9.18 Å². The molecule has 1 N–H and O–H groups in total. The Morgan fingerprint density at radius 1 is 0.931 bits per heavy atom. The zero-order valence-corrected chi connectivity index (χ0v) is 33.4. The van der Waals surface area contributed by atoms with Crippen molar-refractivity contribution in [2.45, 2.75) is 18.9 Å². The zero-order chi connectivity index (χ0) is 41.3. The maximum atomic E-state index is 15.4. The molecule has 0 unspecified atom stereocenters. The number of tetrazole rings is 1. The number of amides is 2. The van der Waals surface area contributed by atoms with Gasteiger partial charge in [0.25, 0.3) is 5.91 Å². The Balaban J connectivity index is 1.30. The van der Waals surface area contributed by atoms with Crippen LogP contribution in [0.1, 0.15) is 49.0 Å². The van der Waals surface area contributed by atoms with Crippen molar-refractivity contribution >= 4 is 41.2 Å². The van der Waals surface area contributed by atoms with E-state index in [9.17, 15) is 19.2 Å². The number of nitrogens with zero attached hydrogens (tertiary/aromatic N) is 7. The molecule has 1 atom stereocenters. The summed E-state index contributed by atoms with van der Waals surface area (Å²) in [7, 11) is 7.65. The van der Waals surface area contributed by atoms with Crippen LogP contribution in [0.3, 0.4) is 0 Å². The van der Waals surface area contributed by atoms with Crippen molar-refractivity contribution in [3.63, 3.8) is 0 Å². The fraction of sp³-hybridized carbons (Fsp3) is 0.279. The molecule has 0 saturated carbocycles. The number of Topliss-reactive ketones (excluding diaryl/α,β-unsaturated/α-hetero) is 1. The fourth-order valence-corrected chi connectivity index (χ4v) is 6.88. The van der Waals surface area contributed by atoms with Crippen LogP contribution in [0.2, 0.25) is 5.02 Å². The third-order valence-corrected chi connectivity index (χ3v) is 10.0. The fourth-order valence-electron chi connectivity index (χ4n) is 6.72. The molecule has 58 heavy (non-hydrogen) atoms. The van der Waals surface area contributed by atoms with E-state index in [0.29, 0.717) is 48.3 Å². The molecule has 6 rings (SSSR count). The van der Waals surface area contributed by atoms with E-state index in [4.69, 9.17) is 16.3 Å². The summed E-state index contributed by atoms with van der Waals surface area (Å²) in [6, 6.07) is 21.5. The molecule has 4 aromatic carbocycles. The molecule has 0 radical (unpaired) electrons. The summed E-state index contributed by atoms with van der Waals surface area (Å²) in [5.41, 5.74) is 5.07. The van der Waals surface area contributed by atoms with Gasteiger partial charge in [-0.3, -0.25) is 14.4 Å². The van der Waals surface area contributed by atoms with E-state index >= 15 is 4.39 Å². The molecule has 2 amide bonds. The van der Waals surface area contributed by atoms with Crippen molar-refractivity contribution in [1.29, 1.82) is 0 Å². The molecule has 0 spiro atoms. The highest BCUT2D eigenvalue weighted by molar-refractivity contribution is 6.31. The zero-order valence-electron chi connectivity index (χ0n) is 32.7. The number of benzene rings is 4. The minimum Gasteiger partial charge on any atom is -0.461 e. The highest BCUT2D eigenvalue weighted by Crippen LogP contribution is 2.38. The number of aromatic nitrogens is 4. The van der Waals surface area contributed by atoms with Gasteiger partial charge in [-0.1, -0.05) is 54.1 Å². The molecule has 0 aliphatic carbocycles. The Morgan fingerprint density at radius 2 is 1.66 bits per heavy atom. The number of nitrogens with one attached hydrogen (secondary N) is 1. The maximum absolute atomic E-state index is 15.4. The highest BCUT2D eigenvalue weighted by Gasteiger charge is 2.36. The molecule has 1 aliphatic heterocycles. The second-order valence-electron chi connectivity index (χ2n) is 14.4. The first-order valence-corrected chi connectivity index (χ1v) is 19.1. The molecule has 300 valence electrons. The van der Waals surface area contributed by atoms with Crippen molar-refractivity contribution in [2.75, 3.05) is 61.0 Å². The molecule has 2 heterocycles. The Hall–Kier alpha value is -6.09. The first-order valence-electron chi connectivity index (χ1n) is 18.7. The molecule has 13 nitrogen and oxygen atoms in total. The van der Waals surface area contributed by atoms with E-state index in [-0.39, 0.29) is 47.5 Å². The molecule has 1 aromatic heterocycles. The van der Waals surface area contributed by atoms with Crippen LogP contribution in [0.15, 0.2) is 91.3 Å². The van der Waals surface area contributed by atoms with Crippen molar-refractivity contribution in [3.8, 4) is 16.8 Å². The van der Waals surface area contributed by atoms with Crippen LogP contribution in [0, 0.1) is 5.82 Å². The Kier molecular flexibility index (Phi) is 13.5. The second kappa shape index (κ2) is 18.9. The van der Waals surface area contributed by atoms with E-state index < -0.39 is 23.7 Å². The van der Waals surface area contributed by atoms with Crippen LogP contribution in [0.5, 0.6) is 0 Å². The molecule has 0 saturated heterocycles. The van der Waals surface area contributed by atoms with Gasteiger partial charge in [0, 0.05) is 49.8 Å². The normalized spacial score (nSPS) is 13.9. The van der Waals surface area contributed by atoms with Gasteiger partial charge in [-0.05, 0) is 115 Å². The summed E-state index contributed by atoms with van der Waals surface area (Å²) < 4.78 is 22.0. The third-order valence-electron chi connectivity index (χ3n) is 9.75. The summed E-state index contributed by atoms with van der Waals surface area (Å²) in [4.78, 5) is 59.4. The average molecular weight is 807 g/mol. The van der Waals surface area contributed by atoms with Crippen LogP contribution in [-0.4, -0.2) is 119 Å². The van der Waals surface area contributed by atoms with Crippen LogP contribution in [-0.2, 0) is 27.2 Å². The number of fused-ring (bicyclic) bond motifs is 1. The number of halogens is 2. The van der Waals surface area contributed by atoms with Gasteiger partial charge in [0.15, 0.2) is 11.6 Å². The summed E-state index contributed by atoms with van der Waals surface area (Å²) in [5.74, 6) is -2.17. The summed E-state index contributed by atoms with van der Waals surface area (Å²) in [5, 5.41) is 13.9. The number of rotatable bonds is 15. The van der Waals surface area contributed by atoms with Gasteiger partial charge < -0.3 is 24.8 Å². The molecule has 0 fully saturated rings. The maximum Gasteiger partial charge on any atom is 0.338 e. The second-order valence-corrected chi connectivity index (χ2v) is 14.8. The number of carbonyl (C=O) groups excluding carboxylic acids is 4. The Morgan fingerprint density at radius 3 is 2.34 bits per heavy atom. The quantitative estimate of drug-likeness (QED) is 0.112. The standard InChI is InChI=1S/C43H44ClFN8O5/c1-50(2)23-21-46-42(56)30-14-12-29(13-15-30)32-6-5-7-34-33(32)20-22-52(39(55)19-16-35-37(53-27-47-48-49-53)18-17-36(44)40(35)45)41(34)38(54)26-28-8-10-31(11-9-28)43(57)58-25-24-51(3)4/h5-19,27,41H,20-26H2,1-4H3,(H,46,56)/b19-16+/t41-/m1/s1. The minimum atomic E-state index is -0.999. The summed E-state index contributed by atoms with van der Waals surface area (Å²) >= 11 is 6.13. The summed E-state index contributed by atoms with van der Waals surface area (Å²) in [6.45, 7) is 2.24. The third kappa shape index (κ3) is 9.88. The lowest BCUT2D eigenvalue weighted by Crippen LogP contribution is -2.43. The smallest absolute Gasteiger partial charge is 0.338 e. The first-order chi connectivity index (χ1) is 27.9. The average Bonchev–Trinajstić information content (AvgIpc) is 3.75. The molecular formula is C43H44ClFN8O5. The lowest BCUT2D eigenvalue weighted by Gasteiger charge is -2.37. The number of ketones is 1. The van der Waals surface area contributed by atoms with Gasteiger partial charge in [0.2, 0.25) is 5.91 Å². The predicted molar refractivity (Wildman–Crippen MR) is 218 cm³/mol. The van der Waals surface area contributed by atoms with Crippen LogP contribution >= 0.6 is 11.6 Å². The van der Waals surface area contributed by atoms with Gasteiger partial charge in [-0.2, -0.15) is 4.68 Å². The predicted octanol–water partition coefficient (Wildman–Crippen LogP) is 5.08. The largest absolute Gasteiger partial charge is 0.461 e. The lowest BCUT2D eigenvalue weighted by molar-refractivity contribution is -0.136. The first kappa shape index (κ1) is 41.5. The van der Waals surface area contributed by atoms with Crippen LogP contribution < -0.4 is 5.32 Å². The van der Waals surface area contributed by atoms with E-state index in [1.807, 2.05) is 68.3 Å². The van der Waals surface area contributed by atoms with E-state index in [0.717, 1.165) is 16.7 Å². The van der Waals surface area contributed by atoms with Crippen molar-refractivity contribution in [2.24, 2.45) is 0 Å². The number of esters is 1. The molecule has 5 aromatic rings. The van der Waals surface area contributed by atoms with Crippen LogP contribution in [0.25, 0.3) is 22.9 Å². The molecule has 0 bridgehead atoms. The molecule has 1 aliphatic rings. The van der Waals surface area contributed by atoms with E-state index in [2.05, 4.69) is 20.8 Å². The van der Waals surface area contributed by atoms with Crippen molar-refractivity contribution in [3.05, 3.63) is 135 Å². The molecule has 15 heteroatoms. The SMILES string of the molecule is CN(C)CCNC(=O)c1ccc(-c2cccc3c2CCN(C(=O)/C=C/c2c(-n4cnnn4)ccc(Cl)c2F)[C@H]3C(=O)Cc2ccc(C(=O)OCCN(C)C)cc2)cc1. The number of carbonyl (C=O) groups is 4. The minimum absolute atomic E-state index is 0.00844. The number of likely N-dealkylation sites (N-methyl/N-ethyl adjacent to an activating group) is 2. The van der Waals surface area contributed by atoms with Crippen LogP contribution in [0.4, 0.5) is 4.39 Å². The van der Waals surface area contributed by atoms with E-state index in [1.165, 1.54) is 40.2 Å². The highest BCUT2D eigenvalue weighted by atomic mass is 35.5. The number of hydrogen-bond donors (Lipinski definition) is 1. The topological polar surface area (TPSA) is 143 Å². The number of ether oxygens (including phenoxy) is 1. The molecular weight excluding hydrogens is 763 g/mol. The van der Waals surface area contributed by atoms with Gasteiger partial charge in [0.1, 0.15) is 19.0 Å². The monoisotopic (exact) mass is 806 g/mol. The Bertz CT molecular complexity index is 2300. The van der Waals surface area contributed by atoms with Gasteiger partial charge in [0.05, 0.1) is 16.3 Å². The van der Waals surface area contributed by atoms with E-state index in [1.54, 1.807) is 36.4 Å². The number of hydrogen-bond acceptors (Lipinski definition) is 10. The van der Waals surface area contributed by atoms with Crippen molar-refractivity contribution < 1.29 is 28.3 Å². The lowest BCUT2D eigenvalue weighted by atomic mass is 9.83. The summed E-state index contributed by atoms with van der Waals surface area (Å²) in [6.07, 6.45) is 4.21. The Labute approximate surface area is 341 Å². The van der Waals surface area contributed by atoms with Gasteiger partial charge >= 0.3 is 5.97 Å².